The number of rotatable bonds is 4. The summed E-state index contributed by atoms with van der Waals surface area (Å²) in [7, 11) is -3.09. The molecule has 0 spiro atoms. The number of hydrogen-bond donors (Lipinski definition) is 1. The predicted molar refractivity (Wildman–Crippen MR) is 61.7 cm³/mol. The minimum atomic E-state index is -3.09. The van der Waals surface area contributed by atoms with Gasteiger partial charge in [-0.05, 0) is 31.2 Å². The van der Waals surface area contributed by atoms with E-state index < -0.39 is 10.0 Å². The Morgan fingerprint density at radius 3 is 2.94 bits per heavy atom. The first-order chi connectivity index (χ1) is 7.56. The van der Waals surface area contributed by atoms with E-state index in [1.54, 1.807) is 0 Å². The Morgan fingerprint density at radius 2 is 2.19 bits per heavy atom. The van der Waals surface area contributed by atoms with Crippen LogP contribution in [0.2, 0.25) is 0 Å². The van der Waals surface area contributed by atoms with Crippen LogP contribution in [0, 0.1) is 0 Å². The highest BCUT2D eigenvalue weighted by Gasteiger charge is 2.14. The van der Waals surface area contributed by atoms with Gasteiger partial charge in [0.15, 0.2) is 0 Å². The molecule has 5 nitrogen and oxygen atoms in total. The molecule has 6 heteroatoms. The third kappa shape index (κ3) is 2.82. The molecule has 1 aliphatic carbocycles. The third-order valence-electron chi connectivity index (χ3n) is 2.83. The summed E-state index contributed by atoms with van der Waals surface area (Å²) in [4.78, 5) is 0. The van der Waals surface area contributed by atoms with E-state index in [2.05, 4.69) is 9.82 Å². The standard InChI is InChI=1S/C10H17N3O2S/c1-16(14,15)12-6-7-13-10-5-3-2-4-9(10)8-11-13/h8,12H,2-7H2,1H3. The minimum Gasteiger partial charge on any atom is -0.268 e. The Labute approximate surface area is 95.9 Å². The van der Waals surface area contributed by atoms with Crippen LogP contribution in [0.5, 0.6) is 0 Å². The maximum atomic E-state index is 10.9. The number of nitrogens with zero attached hydrogens (tertiary/aromatic N) is 2. The molecule has 0 saturated heterocycles. The summed E-state index contributed by atoms with van der Waals surface area (Å²) >= 11 is 0. The second kappa shape index (κ2) is 4.55. The average molecular weight is 243 g/mol. The number of aryl methyl sites for hydroxylation is 1. The molecule has 0 aliphatic heterocycles. The van der Waals surface area contributed by atoms with Crippen LogP contribution >= 0.6 is 0 Å². The van der Waals surface area contributed by atoms with Crippen molar-refractivity contribution < 1.29 is 8.42 Å². The van der Waals surface area contributed by atoms with Crippen LogP contribution in [0.25, 0.3) is 0 Å². The molecule has 1 aromatic rings. The molecule has 0 unspecified atom stereocenters. The Kier molecular flexibility index (Phi) is 3.30. The van der Waals surface area contributed by atoms with E-state index in [9.17, 15) is 8.42 Å². The summed E-state index contributed by atoms with van der Waals surface area (Å²) in [6, 6.07) is 0. The molecular weight excluding hydrogens is 226 g/mol. The van der Waals surface area contributed by atoms with E-state index in [0.717, 1.165) is 12.8 Å². The second-order valence-corrected chi connectivity index (χ2v) is 6.05. The Morgan fingerprint density at radius 1 is 1.44 bits per heavy atom. The molecule has 90 valence electrons. The van der Waals surface area contributed by atoms with Gasteiger partial charge in [0.05, 0.1) is 19.0 Å². The number of hydrogen-bond acceptors (Lipinski definition) is 3. The number of aromatic nitrogens is 2. The van der Waals surface area contributed by atoms with Crippen molar-refractivity contribution in [2.45, 2.75) is 32.2 Å². The van der Waals surface area contributed by atoms with Crippen LogP contribution in [0.15, 0.2) is 6.20 Å². The van der Waals surface area contributed by atoms with Crippen molar-refractivity contribution >= 4 is 10.0 Å². The maximum absolute atomic E-state index is 10.9. The fourth-order valence-corrected chi connectivity index (χ4v) is 2.55. The van der Waals surface area contributed by atoms with Crippen LogP contribution in [0.4, 0.5) is 0 Å². The zero-order valence-electron chi connectivity index (χ0n) is 9.44. The van der Waals surface area contributed by atoms with E-state index >= 15 is 0 Å². The zero-order chi connectivity index (χ0) is 11.6. The summed E-state index contributed by atoms with van der Waals surface area (Å²) in [6.45, 7) is 1.02. The smallest absolute Gasteiger partial charge is 0.208 e. The average Bonchev–Trinajstić information content (AvgIpc) is 2.60. The topological polar surface area (TPSA) is 64.0 Å². The van der Waals surface area contributed by atoms with Gasteiger partial charge >= 0.3 is 0 Å². The summed E-state index contributed by atoms with van der Waals surface area (Å²) < 4.78 is 26.2. The molecule has 0 saturated carbocycles. The van der Waals surface area contributed by atoms with Crippen molar-refractivity contribution in [3.8, 4) is 0 Å². The van der Waals surface area contributed by atoms with Gasteiger partial charge in [0.1, 0.15) is 0 Å². The molecule has 16 heavy (non-hydrogen) atoms. The largest absolute Gasteiger partial charge is 0.268 e. The SMILES string of the molecule is CS(=O)(=O)NCCn1ncc2c1CCCC2. The lowest BCUT2D eigenvalue weighted by atomic mass is 9.98. The van der Waals surface area contributed by atoms with Gasteiger partial charge in [0, 0.05) is 12.2 Å². The van der Waals surface area contributed by atoms with Crippen molar-refractivity contribution in [2.75, 3.05) is 12.8 Å². The van der Waals surface area contributed by atoms with Gasteiger partial charge in [0.2, 0.25) is 10.0 Å². The number of fused-ring (bicyclic) bond motifs is 1. The van der Waals surface area contributed by atoms with Gasteiger partial charge in [-0.2, -0.15) is 5.10 Å². The lowest BCUT2D eigenvalue weighted by Gasteiger charge is -2.13. The lowest BCUT2D eigenvalue weighted by Crippen LogP contribution is -2.27. The zero-order valence-corrected chi connectivity index (χ0v) is 10.3. The molecule has 0 aromatic carbocycles. The normalized spacial score (nSPS) is 16.1. The molecule has 2 rings (SSSR count). The molecular formula is C10H17N3O2S. The van der Waals surface area contributed by atoms with Gasteiger partial charge in [0.25, 0.3) is 0 Å². The summed E-state index contributed by atoms with van der Waals surface area (Å²) in [5.41, 5.74) is 2.60. The quantitative estimate of drug-likeness (QED) is 0.828. The minimum absolute atomic E-state index is 0.410. The highest BCUT2D eigenvalue weighted by atomic mass is 32.2. The van der Waals surface area contributed by atoms with Crippen molar-refractivity contribution in [2.24, 2.45) is 0 Å². The number of nitrogens with one attached hydrogen (secondary N) is 1. The summed E-state index contributed by atoms with van der Waals surface area (Å²) in [5.74, 6) is 0. The first-order valence-electron chi connectivity index (χ1n) is 5.54. The maximum Gasteiger partial charge on any atom is 0.208 e. The highest BCUT2D eigenvalue weighted by Crippen LogP contribution is 2.20. The van der Waals surface area contributed by atoms with E-state index in [4.69, 9.17) is 0 Å². The molecule has 1 heterocycles. The van der Waals surface area contributed by atoms with Crippen molar-refractivity contribution in [1.82, 2.24) is 14.5 Å². The monoisotopic (exact) mass is 243 g/mol. The van der Waals surface area contributed by atoms with Crippen LogP contribution < -0.4 is 4.72 Å². The molecule has 0 atom stereocenters. The van der Waals surface area contributed by atoms with Crippen LogP contribution in [-0.2, 0) is 29.4 Å². The van der Waals surface area contributed by atoms with Gasteiger partial charge in [-0.15, -0.1) is 0 Å². The van der Waals surface area contributed by atoms with Crippen LogP contribution in [0.1, 0.15) is 24.1 Å². The molecule has 0 bridgehead atoms. The van der Waals surface area contributed by atoms with E-state index in [1.165, 1.54) is 30.4 Å². The third-order valence-corrected chi connectivity index (χ3v) is 3.56. The van der Waals surface area contributed by atoms with Crippen molar-refractivity contribution in [3.05, 3.63) is 17.5 Å². The van der Waals surface area contributed by atoms with Gasteiger partial charge in [-0.3, -0.25) is 4.68 Å². The first kappa shape index (κ1) is 11.6. The summed E-state index contributed by atoms with van der Waals surface area (Å²) in [6.07, 6.45) is 7.70. The van der Waals surface area contributed by atoms with Crippen LogP contribution in [-0.4, -0.2) is 31.0 Å². The van der Waals surface area contributed by atoms with Crippen LogP contribution in [0.3, 0.4) is 0 Å². The summed E-state index contributed by atoms with van der Waals surface area (Å²) in [5, 5.41) is 4.30. The molecule has 0 fully saturated rings. The lowest BCUT2D eigenvalue weighted by molar-refractivity contribution is 0.540. The van der Waals surface area contributed by atoms with Gasteiger partial charge in [-0.1, -0.05) is 0 Å². The van der Waals surface area contributed by atoms with E-state index in [0.29, 0.717) is 13.1 Å². The molecule has 0 radical (unpaired) electrons. The molecule has 1 aromatic heterocycles. The van der Waals surface area contributed by atoms with Gasteiger partial charge in [-0.25, -0.2) is 13.1 Å². The van der Waals surface area contributed by atoms with Gasteiger partial charge < -0.3 is 0 Å². The van der Waals surface area contributed by atoms with Crippen molar-refractivity contribution in [3.63, 3.8) is 0 Å². The first-order valence-corrected chi connectivity index (χ1v) is 7.43. The fraction of sp³-hybridized carbons (Fsp3) is 0.700. The Bertz CT molecular complexity index is 464. The predicted octanol–water partition coefficient (Wildman–Crippen LogP) is 0.311. The Hall–Kier alpha value is -0.880. The number of sulfonamides is 1. The molecule has 0 amide bonds. The molecule has 1 aliphatic rings. The van der Waals surface area contributed by atoms with E-state index in [-0.39, 0.29) is 0 Å². The fourth-order valence-electron chi connectivity index (χ4n) is 2.09. The second-order valence-electron chi connectivity index (χ2n) is 4.21. The highest BCUT2D eigenvalue weighted by molar-refractivity contribution is 7.88. The van der Waals surface area contributed by atoms with E-state index in [1.807, 2.05) is 10.9 Å². The Balaban J connectivity index is 1.97. The molecule has 1 N–H and O–H groups in total. The van der Waals surface area contributed by atoms with Crippen molar-refractivity contribution in [1.29, 1.82) is 0 Å².